The van der Waals surface area contributed by atoms with E-state index in [9.17, 15) is 4.79 Å². The van der Waals surface area contributed by atoms with E-state index in [1.165, 1.54) is 5.56 Å². The molecule has 1 aromatic carbocycles. The van der Waals surface area contributed by atoms with E-state index in [1.807, 2.05) is 19.9 Å². The van der Waals surface area contributed by atoms with Gasteiger partial charge in [-0.05, 0) is 63.3 Å². The van der Waals surface area contributed by atoms with Gasteiger partial charge >= 0.3 is 0 Å². The van der Waals surface area contributed by atoms with Gasteiger partial charge in [-0.3, -0.25) is 14.4 Å². The molecule has 0 unspecified atom stereocenters. The number of hydrogen-bond donors (Lipinski definition) is 1. The second-order valence-electron chi connectivity index (χ2n) is 8.82. The third-order valence-electron chi connectivity index (χ3n) is 6.47. The highest BCUT2D eigenvalue weighted by molar-refractivity contribution is 5.92. The molecule has 2 fully saturated rings. The molecule has 3 heterocycles. The van der Waals surface area contributed by atoms with Crippen LogP contribution in [0.25, 0.3) is 0 Å². The van der Waals surface area contributed by atoms with E-state index in [0.717, 1.165) is 56.8 Å². The lowest BCUT2D eigenvalue weighted by Crippen LogP contribution is -2.44. The molecule has 2 aliphatic rings. The third-order valence-corrected chi connectivity index (χ3v) is 6.47. The maximum absolute atomic E-state index is 12.4. The van der Waals surface area contributed by atoms with Crippen LogP contribution >= 0.6 is 0 Å². The highest BCUT2D eigenvalue weighted by atomic mass is 16.5. The molecule has 168 valence electrons. The quantitative estimate of drug-likeness (QED) is 0.737. The Labute approximate surface area is 184 Å². The van der Waals surface area contributed by atoms with Crippen LogP contribution in [0, 0.1) is 6.92 Å². The number of aryl methyl sites for hydroxylation is 2. The van der Waals surface area contributed by atoms with E-state index in [4.69, 9.17) is 9.47 Å². The number of carbonyl (C=O) groups is 1. The predicted molar refractivity (Wildman–Crippen MR) is 119 cm³/mol. The number of aromatic nitrogens is 2. The van der Waals surface area contributed by atoms with E-state index in [-0.39, 0.29) is 17.6 Å². The Kier molecular flexibility index (Phi) is 6.62. The molecule has 4 rings (SSSR count). The number of rotatable bonds is 7. The van der Waals surface area contributed by atoms with Crippen LogP contribution in [0.4, 0.5) is 0 Å². The normalized spacial score (nSPS) is 20.8. The van der Waals surface area contributed by atoms with Gasteiger partial charge in [0.15, 0.2) is 0 Å². The SMILES string of the molecule is CCOc1ccc(CN2CCC3(CC[C@@H](CNC(=O)c4cc(C)nn4C)O3)CC2)cc1. The number of amides is 1. The molecule has 7 nitrogen and oxygen atoms in total. The van der Waals surface area contributed by atoms with Crippen molar-refractivity contribution in [1.82, 2.24) is 20.0 Å². The van der Waals surface area contributed by atoms with Crippen LogP contribution in [0.1, 0.15) is 54.4 Å². The zero-order valence-corrected chi connectivity index (χ0v) is 18.9. The molecule has 0 saturated carbocycles. The Morgan fingerprint density at radius 2 is 2.00 bits per heavy atom. The van der Waals surface area contributed by atoms with Gasteiger partial charge in [-0.1, -0.05) is 12.1 Å². The molecule has 0 radical (unpaired) electrons. The summed E-state index contributed by atoms with van der Waals surface area (Å²) in [5.41, 5.74) is 2.74. The Morgan fingerprint density at radius 3 is 2.65 bits per heavy atom. The van der Waals surface area contributed by atoms with Crippen LogP contribution in [0.2, 0.25) is 0 Å². The van der Waals surface area contributed by atoms with Crippen molar-refractivity contribution in [3.05, 3.63) is 47.3 Å². The monoisotopic (exact) mass is 426 g/mol. The Bertz CT molecular complexity index is 885. The molecular formula is C24H34N4O3. The average Bonchev–Trinajstić information content (AvgIpc) is 3.32. The number of carbonyl (C=O) groups excluding carboxylic acids is 1. The number of benzene rings is 1. The van der Waals surface area contributed by atoms with E-state index in [1.54, 1.807) is 11.7 Å². The van der Waals surface area contributed by atoms with E-state index < -0.39 is 0 Å². The molecule has 2 aromatic rings. The molecule has 1 atom stereocenters. The number of hydrogen-bond acceptors (Lipinski definition) is 5. The van der Waals surface area contributed by atoms with Crippen molar-refractivity contribution in [1.29, 1.82) is 0 Å². The van der Waals surface area contributed by atoms with Crippen LogP contribution in [-0.4, -0.2) is 58.5 Å². The lowest BCUT2D eigenvalue weighted by molar-refractivity contribution is -0.0764. The van der Waals surface area contributed by atoms with Gasteiger partial charge in [0.1, 0.15) is 11.4 Å². The zero-order chi connectivity index (χ0) is 21.8. The largest absolute Gasteiger partial charge is 0.494 e. The van der Waals surface area contributed by atoms with Crippen LogP contribution in [0.3, 0.4) is 0 Å². The minimum atomic E-state index is -0.0853. The maximum atomic E-state index is 12.4. The highest BCUT2D eigenvalue weighted by Crippen LogP contribution is 2.39. The van der Waals surface area contributed by atoms with Crippen molar-refractivity contribution in [2.24, 2.45) is 7.05 Å². The number of nitrogens with zero attached hydrogens (tertiary/aromatic N) is 3. The molecular weight excluding hydrogens is 392 g/mol. The second-order valence-corrected chi connectivity index (χ2v) is 8.82. The molecule has 2 aliphatic heterocycles. The Balaban J connectivity index is 1.22. The Hall–Kier alpha value is -2.38. The fourth-order valence-electron chi connectivity index (χ4n) is 4.76. The van der Waals surface area contributed by atoms with Gasteiger partial charge in [0.2, 0.25) is 0 Å². The number of piperidine rings is 1. The number of likely N-dealkylation sites (tertiary alicyclic amines) is 1. The van der Waals surface area contributed by atoms with Crippen LogP contribution < -0.4 is 10.1 Å². The predicted octanol–water partition coefficient (Wildman–Crippen LogP) is 3.07. The minimum absolute atomic E-state index is 0.0200. The third kappa shape index (κ3) is 5.28. The van der Waals surface area contributed by atoms with Crippen molar-refractivity contribution in [3.63, 3.8) is 0 Å². The van der Waals surface area contributed by atoms with Crippen LogP contribution in [0.15, 0.2) is 30.3 Å². The maximum Gasteiger partial charge on any atom is 0.269 e. The summed E-state index contributed by atoms with van der Waals surface area (Å²) in [4.78, 5) is 14.9. The van der Waals surface area contributed by atoms with Gasteiger partial charge in [0, 0.05) is 33.2 Å². The summed E-state index contributed by atoms with van der Waals surface area (Å²) in [5.74, 6) is 0.845. The summed E-state index contributed by atoms with van der Waals surface area (Å²) in [6, 6.07) is 10.2. The van der Waals surface area contributed by atoms with Crippen molar-refractivity contribution >= 4 is 5.91 Å². The van der Waals surface area contributed by atoms with Crippen molar-refractivity contribution < 1.29 is 14.3 Å². The highest BCUT2D eigenvalue weighted by Gasteiger charge is 2.42. The lowest BCUT2D eigenvalue weighted by Gasteiger charge is -2.39. The van der Waals surface area contributed by atoms with Gasteiger partial charge in [0.05, 0.1) is 24.0 Å². The summed E-state index contributed by atoms with van der Waals surface area (Å²) < 4.78 is 13.6. The first-order valence-electron chi connectivity index (χ1n) is 11.4. The molecule has 1 spiro atoms. The van der Waals surface area contributed by atoms with Crippen molar-refractivity contribution in [2.75, 3.05) is 26.2 Å². The van der Waals surface area contributed by atoms with Gasteiger partial charge in [-0.25, -0.2) is 0 Å². The summed E-state index contributed by atoms with van der Waals surface area (Å²) in [6.07, 6.45) is 4.28. The number of ether oxygens (including phenoxy) is 2. The van der Waals surface area contributed by atoms with Crippen molar-refractivity contribution in [2.45, 2.75) is 57.8 Å². The second kappa shape index (κ2) is 9.40. The fourth-order valence-corrected chi connectivity index (χ4v) is 4.76. The average molecular weight is 427 g/mol. The van der Waals surface area contributed by atoms with Crippen LogP contribution in [0.5, 0.6) is 5.75 Å². The fraction of sp³-hybridized carbons (Fsp3) is 0.583. The topological polar surface area (TPSA) is 68.6 Å². The number of nitrogens with one attached hydrogen (secondary N) is 1. The summed E-state index contributed by atoms with van der Waals surface area (Å²) in [7, 11) is 1.80. The van der Waals surface area contributed by atoms with Crippen LogP contribution in [-0.2, 0) is 18.3 Å². The molecule has 1 N–H and O–H groups in total. The first-order valence-corrected chi connectivity index (χ1v) is 11.4. The van der Waals surface area contributed by atoms with Gasteiger partial charge in [0.25, 0.3) is 5.91 Å². The molecule has 31 heavy (non-hydrogen) atoms. The lowest BCUT2D eigenvalue weighted by atomic mass is 9.88. The first kappa shape index (κ1) is 21.8. The zero-order valence-electron chi connectivity index (χ0n) is 18.9. The molecule has 0 aliphatic carbocycles. The molecule has 2 saturated heterocycles. The smallest absolute Gasteiger partial charge is 0.269 e. The van der Waals surface area contributed by atoms with Gasteiger partial charge in [-0.2, -0.15) is 5.10 Å². The van der Waals surface area contributed by atoms with E-state index >= 15 is 0 Å². The van der Waals surface area contributed by atoms with Gasteiger partial charge in [-0.15, -0.1) is 0 Å². The first-order chi connectivity index (χ1) is 15.0. The molecule has 0 bridgehead atoms. The Morgan fingerprint density at radius 1 is 1.26 bits per heavy atom. The molecule has 1 amide bonds. The minimum Gasteiger partial charge on any atom is -0.494 e. The standard InChI is InChI=1S/C24H34N4O3/c1-4-30-20-7-5-19(6-8-20)17-28-13-11-24(12-14-28)10-9-21(31-24)16-25-23(29)22-15-18(2)26-27(22)3/h5-8,15,21H,4,9-14,16-17H2,1-3H3,(H,25,29)/t21-/m0/s1. The summed E-state index contributed by atoms with van der Waals surface area (Å²) in [5, 5.41) is 7.27. The summed E-state index contributed by atoms with van der Waals surface area (Å²) >= 11 is 0. The molecule has 1 aromatic heterocycles. The van der Waals surface area contributed by atoms with E-state index in [0.29, 0.717) is 18.8 Å². The van der Waals surface area contributed by atoms with E-state index in [2.05, 4.69) is 39.6 Å². The van der Waals surface area contributed by atoms with Gasteiger partial charge < -0.3 is 14.8 Å². The van der Waals surface area contributed by atoms with Crippen molar-refractivity contribution in [3.8, 4) is 5.75 Å². The summed E-state index contributed by atoms with van der Waals surface area (Å²) in [6.45, 7) is 8.20. The molecule has 7 heteroatoms.